The van der Waals surface area contributed by atoms with Crippen molar-refractivity contribution in [1.29, 1.82) is 0 Å². The minimum absolute atomic E-state index is 0. The normalized spacial score (nSPS) is 8.91. The number of nitrogens with two attached hydrogens (primary N) is 1. The summed E-state index contributed by atoms with van der Waals surface area (Å²) in [5.41, 5.74) is 7.96. The maximum atomic E-state index is 5.50. The van der Waals surface area contributed by atoms with Gasteiger partial charge in [-0.1, -0.05) is 29.8 Å². The van der Waals surface area contributed by atoms with Gasteiger partial charge in [0.1, 0.15) is 0 Å². The molecule has 0 fully saturated rings. The van der Waals surface area contributed by atoms with Gasteiger partial charge in [-0.05, 0) is 5.56 Å². The summed E-state index contributed by atoms with van der Waals surface area (Å²) in [6, 6.07) is 8.12. The van der Waals surface area contributed by atoms with Gasteiger partial charge in [0.15, 0.2) is 0 Å². The zero-order valence-electron chi connectivity index (χ0n) is 6.59. The monoisotopic (exact) mass is 223 g/mol. The zero-order chi connectivity index (χ0) is 7.40. The van der Waals surface area contributed by atoms with E-state index in [9.17, 15) is 0 Å². The molecule has 1 radical (unpaired) electrons. The van der Waals surface area contributed by atoms with Gasteiger partial charge in [0.05, 0.1) is 0 Å². The van der Waals surface area contributed by atoms with E-state index in [1.165, 1.54) is 11.1 Å². The SMILES string of the molecule is [CH2-]Cc1ccccc1CN.[Y]. The van der Waals surface area contributed by atoms with E-state index in [4.69, 9.17) is 5.73 Å². The Balaban J connectivity index is 0.000001000. The Hall–Kier alpha value is 0.284. The third-order valence-corrected chi connectivity index (χ3v) is 1.61. The van der Waals surface area contributed by atoms with Gasteiger partial charge in [-0.25, -0.2) is 0 Å². The summed E-state index contributed by atoms with van der Waals surface area (Å²) in [5.74, 6) is 0. The van der Waals surface area contributed by atoms with E-state index in [1.807, 2.05) is 18.2 Å². The Kier molecular flexibility index (Phi) is 6.03. The molecule has 11 heavy (non-hydrogen) atoms. The van der Waals surface area contributed by atoms with Crippen LogP contribution in [0.3, 0.4) is 0 Å². The minimum atomic E-state index is 0. The molecule has 1 rings (SSSR count). The summed E-state index contributed by atoms with van der Waals surface area (Å²) in [5, 5.41) is 0. The topological polar surface area (TPSA) is 26.0 Å². The summed E-state index contributed by atoms with van der Waals surface area (Å²) in [7, 11) is 0. The predicted molar refractivity (Wildman–Crippen MR) is 43.4 cm³/mol. The molecule has 0 aliphatic carbocycles. The fourth-order valence-electron chi connectivity index (χ4n) is 1.00. The van der Waals surface area contributed by atoms with Crippen molar-refractivity contribution in [2.75, 3.05) is 0 Å². The van der Waals surface area contributed by atoms with Crippen LogP contribution < -0.4 is 5.73 Å². The van der Waals surface area contributed by atoms with Crippen molar-refractivity contribution >= 4 is 0 Å². The molecule has 0 unspecified atom stereocenters. The molecule has 1 aromatic rings. The van der Waals surface area contributed by atoms with Gasteiger partial charge in [0.25, 0.3) is 0 Å². The molecule has 0 saturated carbocycles. The molecule has 57 valence electrons. The van der Waals surface area contributed by atoms with Crippen LogP contribution in [0.2, 0.25) is 0 Å². The second-order valence-electron chi connectivity index (χ2n) is 2.22. The van der Waals surface area contributed by atoms with Gasteiger partial charge < -0.3 is 12.7 Å². The Labute approximate surface area is 93.2 Å². The molecular formula is C9H12NY-. The van der Waals surface area contributed by atoms with E-state index in [0.717, 1.165) is 6.42 Å². The van der Waals surface area contributed by atoms with E-state index < -0.39 is 0 Å². The van der Waals surface area contributed by atoms with Crippen LogP contribution in [-0.2, 0) is 45.7 Å². The van der Waals surface area contributed by atoms with E-state index in [1.54, 1.807) is 0 Å². The van der Waals surface area contributed by atoms with E-state index >= 15 is 0 Å². The summed E-state index contributed by atoms with van der Waals surface area (Å²) < 4.78 is 0. The van der Waals surface area contributed by atoms with Gasteiger partial charge in [-0.15, -0.1) is 0 Å². The summed E-state index contributed by atoms with van der Waals surface area (Å²) >= 11 is 0. The van der Waals surface area contributed by atoms with Gasteiger partial charge in [0.2, 0.25) is 0 Å². The van der Waals surface area contributed by atoms with Crippen LogP contribution in [0.5, 0.6) is 0 Å². The van der Waals surface area contributed by atoms with Crippen LogP contribution in [0.1, 0.15) is 11.1 Å². The zero-order valence-corrected chi connectivity index (χ0v) is 9.42. The number of hydrogen-bond donors (Lipinski definition) is 1. The smallest absolute Gasteiger partial charge is 0.0179 e. The summed E-state index contributed by atoms with van der Waals surface area (Å²) in [4.78, 5) is 0. The molecular weight excluding hydrogens is 211 g/mol. The largest absolute Gasteiger partial charge is 0.339 e. The molecule has 0 saturated heterocycles. The molecule has 2 heteroatoms. The molecule has 0 spiro atoms. The second kappa shape index (κ2) is 5.87. The van der Waals surface area contributed by atoms with Crippen molar-refractivity contribution in [1.82, 2.24) is 0 Å². The van der Waals surface area contributed by atoms with Gasteiger partial charge in [-0.2, -0.15) is 6.42 Å². The van der Waals surface area contributed by atoms with Crippen molar-refractivity contribution in [3.05, 3.63) is 42.3 Å². The summed E-state index contributed by atoms with van der Waals surface area (Å²) in [6.45, 7) is 4.43. The van der Waals surface area contributed by atoms with Crippen LogP contribution in [0.25, 0.3) is 0 Å². The molecule has 2 N–H and O–H groups in total. The third kappa shape index (κ3) is 3.02. The molecule has 0 atom stereocenters. The first-order valence-electron chi connectivity index (χ1n) is 3.44. The summed E-state index contributed by atoms with van der Waals surface area (Å²) in [6.07, 6.45) is 0.827. The Morgan fingerprint density at radius 3 is 2.09 bits per heavy atom. The maximum Gasteiger partial charge on any atom is 0.0179 e. The first-order chi connectivity index (χ1) is 4.88. The van der Waals surface area contributed by atoms with Gasteiger partial charge in [-0.3, -0.25) is 0 Å². The minimum Gasteiger partial charge on any atom is -0.339 e. The number of hydrogen-bond acceptors (Lipinski definition) is 1. The number of rotatable bonds is 2. The molecule has 0 amide bonds. The molecule has 1 aromatic carbocycles. The molecule has 0 aliphatic rings. The maximum absolute atomic E-state index is 5.50. The van der Waals surface area contributed by atoms with Gasteiger partial charge >= 0.3 is 0 Å². The van der Waals surface area contributed by atoms with E-state index in [-0.39, 0.29) is 32.7 Å². The van der Waals surface area contributed by atoms with E-state index in [2.05, 4.69) is 13.0 Å². The van der Waals surface area contributed by atoms with Gasteiger partial charge in [0, 0.05) is 39.3 Å². The van der Waals surface area contributed by atoms with Crippen molar-refractivity contribution in [2.45, 2.75) is 13.0 Å². The second-order valence-corrected chi connectivity index (χ2v) is 2.22. The first kappa shape index (κ1) is 11.3. The molecule has 1 nitrogen and oxygen atoms in total. The third-order valence-electron chi connectivity index (χ3n) is 1.61. The molecule has 0 heterocycles. The van der Waals surface area contributed by atoms with Crippen molar-refractivity contribution in [3.8, 4) is 0 Å². The van der Waals surface area contributed by atoms with E-state index in [0.29, 0.717) is 6.54 Å². The van der Waals surface area contributed by atoms with Crippen LogP contribution >= 0.6 is 0 Å². The first-order valence-corrected chi connectivity index (χ1v) is 3.44. The molecule has 0 aliphatic heterocycles. The predicted octanol–water partition coefficient (Wildman–Crippen LogP) is 1.52. The Morgan fingerprint density at radius 2 is 1.73 bits per heavy atom. The van der Waals surface area contributed by atoms with Crippen molar-refractivity contribution in [3.63, 3.8) is 0 Å². The standard InChI is InChI=1S/C9H12N.Y/c1-2-8-5-3-4-6-9(8)7-10;/h3-6H,1-2,7,10H2;/q-1;. The molecule has 0 aromatic heterocycles. The fraction of sp³-hybridized carbons (Fsp3) is 0.222. The van der Waals surface area contributed by atoms with Crippen LogP contribution in [-0.4, -0.2) is 0 Å². The van der Waals surface area contributed by atoms with Crippen LogP contribution in [0, 0.1) is 6.92 Å². The Bertz CT molecular complexity index is 187. The molecule has 0 bridgehead atoms. The number of benzene rings is 1. The average Bonchev–Trinajstić information content (AvgIpc) is 2.04. The Morgan fingerprint density at radius 1 is 1.18 bits per heavy atom. The van der Waals surface area contributed by atoms with Crippen molar-refractivity contribution < 1.29 is 32.7 Å². The van der Waals surface area contributed by atoms with Crippen LogP contribution in [0.4, 0.5) is 0 Å². The van der Waals surface area contributed by atoms with Crippen LogP contribution in [0.15, 0.2) is 24.3 Å². The quantitative estimate of drug-likeness (QED) is 0.756. The van der Waals surface area contributed by atoms with Crippen molar-refractivity contribution in [2.24, 2.45) is 5.73 Å². The average molecular weight is 223 g/mol. The fourth-order valence-corrected chi connectivity index (χ4v) is 1.00.